The van der Waals surface area contributed by atoms with Gasteiger partial charge in [0.15, 0.2) is 0 Å². The quantitative estimate of drug-likeness (QED) is 0.838. The fourth-order valence-corrected chi connectivity index (χ4v) is 2.94. The molecule has 1 heterocycles. The van der Waals surface area contributed by atoms with E-state index in [1.54, 1.807) is 11.3 Å². The zero-order valence-electron chi connectivity index (χ0n) is 9.95. The Morgan fingerprint density at radius 3 is 2.81 bits per heavy atom. The van der Waals surface area contributed by atoms with Gasteiger partial charge in [-0.2, -0.15) is 0 Å². The molecule has 2 rings (SSSR count). The van der Waals surface area contributed by atoms with Gasteiger partial charge < -0.3 is 5.32 Å². The molecule has 1 amide bonds. The summed E-state index contributed by atoms with van der Waals surface area (Å²) in [6.07, 6.45) is 3.07. The van der Waals surface area contributed by atoms with Crippen molar-refractivity contribution in [2.24, 2.45) is 5.92 Å². The standard InChI is InChI=1S/C13H19NOS/c1-10(2)8-12(15)14-9-13(5-6-13)11-4-3-7-16-11/h3-4,7,10H,5-6,8-9H2,1-2H3,(H,14,15). The Labute approximate surface area is 101 Å². The van der Waals surface area contributed by atoms with Crippen molar-refractivity contribution in [1.82, 2.24) is 5.32 Å². The van der Waals surface area contributed by atoms with E-state index in [0.717, 1.165) is 6.54 Å². The van der Waals surface area contributed by atoms with Crippen LogP contribution >= 0.6 is 11.3 Å². The van der Waals surface area contributed by atoms with Crippen LogP contribution in [0.3, 0.4) is 0 Å². The number of hydrogen-bond acceptors (Lipinski definition) is 2. The molecule has 0 spiro atoms. The highest BCUT2D eigenvalue weighted by molar-refractivity contribution is 7.10. The molecule has 0 saturated heterocycles. The van der Waals surface area contributed by atoms with Crippen LogP contribution in [-0.2, 0) is 10.2 Å². The van der Waals surface area contributed by atoms with Crippen LogP contribution in [0.25, 0.3) is 0 Å². The van der Waals surface area contributed by atoms with E-state index in [1.165, 1.54) is 17.7 Å². The maximum Gasteiger partial charge on any atom is 0.220 e. The number of rotatable bonds is 5. The summed E-state index contributed by atoms with van der Waals surface area (Å²) in [7, 11) is 0. The van der Waals surface area contributed by atoms with Gasteiger partial charge in [0.25, 0.3) is 0 Å². The van der Waals surface area contributed by atoms with Crippen molar-refractivity contribution >= 4 is 17.2 Å². The Kier molecular flexibility index (Phi) is 3.33. The lowest BCUT2D eigenvalue weighted by molar-refractivity contribution is -0.121. The Morgan fingerprint density at radius 2 is 2.31 bits per heavy atom. The molecule has 1 saturated carbocycles. The van der Waals surface area contributed by atoms with E-state index in [2.05, 4.69) is 36.7 Å². The lowest BCUT2D eigenvalue weighted by atomic mass is 10.0. The molecule has 0 unspecified atom stereocenters. The van der Waals surface area contributed by atoms with E-state index in [4.69, 9.17) is 0 Å². The van der Waals surface area contributed by atoms with E-state index < -0.39 is 0 Å². The Morgan fingerprint density at radius 1 is 1.56 bits per heavy atom. The van der Waals surface area contributed by atoms with Gasteiger partial charge in [0.1, 0.15) is 0 Å². The molecule has 0 atom stereocenters. The van der Waals surface area contributed by atoms with Crippen LogP contribution in [0, 0.1) is 5.92 Å². The largest absolute Gasteiger partial charge is 0.355 e. The van der Waals surface area contributed by atoms with E-state index >= 15 is 0 Å². The van der Waals surface area contributed by atoms with Crippen LogP contribution in [0.5, 0.6) is 0 Å². The average molecular weight is 237 g/mol. The number of hydrogen-bond donors (Lipinski definition) is 1. The molecule has 3 heteroatoms. The summed E-state index contributed by atoms with van der Waals surface area (Å²) in [5.41, 5.74) is 0.279. The van der Waals surface area contributed by atoms with Crippen molar-refractivity contribution in [3.05, 3.63) is 22.4 Å². The normalized spacial score (nSPS) is 17.4. The summed E-state index contributed by atoms with van der Waals surface area (Å²) >= 11 is 1.81. The monoisotopic (exact) mass is 237 g/mol. The Balaban J connectivity index is 1.84. The zero-order chi connectivity index (χ0) is 11.6. The molecule has 88 valence electrons. The summed E-state index contributed by atoms with van der Waals surface area (Å²) < 4.78 is 0. The van der Waals surface area contributed by atoms with E-state index in [1.807, 2.05) is 0 Å². The van der Waals surface area contributed by atoms with Crippen LogP contribution in [0.15, 0.2) is 17.5 Å². The third kappa shape index (κ3) is 2.64. The van der Waals surface area contributed by atoms with Crippen LogP contribution < -0.4 is 5.32 Å². The van der Waals surface area contributed by atoms with Crippen molar-refractivity contribution in [3.63, 3.8) is 0 Å². The molecule has 0 aromatic carbocycles. The molecule has 0 radical (unpaired) electrons. The molecule has 1 aromatic rings. The third-order valence-electron chi connectivity index (χ3n) is 3.12. The number of amides is 1. The smallest absolute Gasteiger partial charge is 0.220 e. The average Bonchev–Trinajstić information content (AvgIpc) is 2.79. The van der Waals surface area contributed by atoms with Crippen molar-refractivity contribution in [2.45, 2.75) is 38.5 Å². The first-order valence-electron chi connectivity index (χ1n) is 5.93. The second kappa shape index (κ2) is 4.58. The van der Waals surface area contributed by atoms with Gasteiger partial charge in [-0.25, -0.2) is 0 Å². The van der Waals surface area contributed by atoms with Gasteiger partial charge in [-0.15, -0.1) is 11.3 Å². The molecular formula is C13H19NOS. The van der Waals surface area contributed by atoms with Gasteiger partial charge in [-0.1, -0.05) is 19.9 Å². The van der Waals surface area contributed by atoms with Gasteiger partial charge >= 0.3 is 0 Å². The Bertz CT molecular complexity index is 352. The molecule has 0 aliphatic heterocycles. The van der Waals surface area contributed by atoms with Crippen molar-refractivity contribution < 1.29 is 4.79 Å². The topological polar surface area (TPSA) is 29.1 Å². The highest BCUT2D eigenvalue weighted by Crippen LogP contribution is 2.49. The van der Waals surface area contributed by atoms with Crippen molar-refractivity contribution in [3.8, 4) is 0 Å². The summed E-state index contributed by atoms with van der Waals surface area (Å²) in [5.74, 6) is 0.634. The third-order valence-corrected chi connectivity index (χ3v) is 4.23. The minimum absolute atomic E-state index is 0.192. The second-order valence-electron chi connectivity index (χ2n) is 5.13. The minimum atomic E-state index is 0.192. The number of nitrogens with one attached hydrogen (secondary N) is 1. The Hall–Kier alpha value is -0.830. The molecule has 1 aromatic heterocycles. The minimum Gasteiger partial charge on any atom is -0.355 e. The highest BCUT2D eigenvalue weighted by Gasteiger charge is 2.45. The molecular weight excluding hydrogens is 218 g/mol. The number of carbonyl (C=O) groups is 1. The molecule has 1 fully saturated rings. The summed E-state index contributed by atoms with van der Waals surface area (Å²) in [5, 5.41) is 5.19. The summed E-state index contributed by atoms with van der Waals surface area (Å²) in [4.78, 5) is 13.0. The van der Waals surface area contributed by atoms with Crippen LogP contribution in [0.1, 0.15) is 38.0 Å². The number of thiophene rings is 1. The first-order valence-corrected chi connectivity index (χ1v) is 6.81. The van der Waals surface area contributed by atoms with E-state index in [9.17, 15) is 4.79 Å². The fourth-order valence-electron chi connectivity index (χ4n) is 1.95. The van der Waals surface area contributed by atoms with Crippen LogP contribution in [0.4, 0.5) is 0 Å². The maximum absolute atomic E-state index is 11.6. The summed E-state index contributed by atoms with van der Waals surface area (Å²) in [6, 6.07) is 4.28. The lowest BCUT2D eigenvalue weighted by Crippen LogP contribution is -2.32. The predicted octanol–water partition coefficient (Wildman–Crippen LogP) is 2.94. The van der Waals surface area contributed by atoms with Gasteiger partial charge in [0.05, 0.1) is 0 Å². The first kappa shape index (κ1) is 11.6. The molecule has 1 aliphatic carbocycles. The fraction of sp³-hybridized carbons (Fsp3) is 0.615. The van der Waals surface area contributed by atoms with Crippen molar-refractivity contribution in [1.29, 1.82) is 0 Å². The van der Waals surface area contributed by atoms with Crippen LogP contribution in [0.2, 0.25) is 0 Å². The van der Waals surface area contributed by atoms with Gasteiger partial charge in [0.2, 0.25) is 5.91 Å². The second-order valence-corrected chi connectivity index (χ2v) is 6.08. The molecule has 1 aliphatic rings. The predicted molar refractivity (Wildman–Crippen MR) is 67.7 cm³/mol. The summed E-state index contributed by atoms with van der Waals surface area (Å²) in [6.45, 7) is 4.97. The molecule has 0 bridgehead atoms. The van der Waals surface area contributed by atoms with Gasteiger partial charge in [-0.05, 0) is 30.2 Å². The van der Waals surface area contributed by atoms with E-state index in [-0.39, 0.29) is 11.3 Å². The first-order chi connectivity index (χ1) is 7.62. The van der Waals surface area contributed by atoms with Gasteiger partial charge in [0, 0.05) is 23.3 Å². The SMILES string of the molecule is CC(C)CC(=O)NCC1(c2cccs2)CC1. The van der Waals surface area contributed by atoms with Gasteiger partial charge in [-0.3, -0.25) is 4.79 Å². The zero-order valence-corrected chi connectivity index (χ0v) is 10.8. The van der Waals surface area contributed by atoms with Crippen LogP contribution in [-0.4, -0.2) is 12.5 Å². The molecule has 16 heavy (non-hydrogen) atoms. The molecule has 2 nitrogen and oxygen atoms in total. The van der Waals surface area contributed by atoms with E-state index in [0.29, 0.717) is 12.3 Å². The lowest BCUT2D eigenvalue weighted by Gasteiger charge is -2.15. The molecule has 1 N–H and O–H groups in total. The maximum atomic E-state index is 11.6. The van der Waals surface area contributed by atoms with Crippen molar-refractivity contribution in [2.75, 3.05) is 6.54 Å². The number of carbonyl (C=O) groups excluding carboxylic acids is 1. The highest BCUT2D eigenvalue weighted by atomic mass is 32.1.